The zero-order chi connectivity index (χ0) is 15.9. The summed E-state index contributed by atoms with van der Waals surface area (Å²) in [4.78, 5) is 14.5. The molecule has 0 aliphatic heterocycles. The monoisotopic (exact) mass is 301 g/mol. The SMILES string of the molecule is Cc1ccccc1[C@H](C(=O)NCCCn1cnnc1)N(C)C. The molecule has 2 rings (SSSR count). The molecule has 22 heavy (non-hydrogen) atoms. The van der Waals surface area contributed by atoms with Gasteiger partial charge in [0.15, 0.2) is 0 Å². The molecule has 0 fully saturated rings. The number of aryl methyl sites for hydroxylation is 2. The average molecular weight is 301 g/mol. The van der Waals surface area contributed by atoms with E-state index in [0.717, 1.165) is 24.1 Å². The van der Waals surface area contributed by atoms with Gasteiger partial charge in [-0.1, -0.05) is 24.3 Å². The fourth-order valence-corrected chi connectivity index (χ4v) is 2.45. The summed E-state index contributed by atoms with van der Waals surface area (Å²) >= 11 is 0. The standard InChI is InChI=1S/C16H23N5O/c1-13-7-4-5-8-14(13)15(20(2)3)16(22)17-9-6-10-21-11-18-19-12-21/h4-5,7-8,11-12,15H,6,9-10H2,1-3H3,(H,17,22)/t15-/m1/s1. The Hall–Kier alpha value is -2.21. The van der Waals surface area contributed by atoms with E-state index < -0.39 is 0 Å². The largest absolute Gasteiger partial charge is 0.354 e. The van der Waals surface area contributed by atoms with Crippen LogP contribution in [0.25, 0.3) is 0 Å². The first kappa shape index (κ1) is 16.2. The Bertz CT molecular complexity index is 594. The van der Waals surface area contributed by atoms with Crippen molar-refractivity contribution in [1.82, 2.24) is 25.0 Å². The molecule has 1 atom stereocenters. The number of likely N-dealkylation sites (N-methyl/N-ethyl adjacent to an activating group) is 1. The second-order valence-electron chi connectivity index (χ2n) is 5.57. The minimum absolute atomic E-state index is 0.0306. The van der Waals surface area contributed by atoms with Gasteiger partial charge >= 0.3 is 0 Å². The number of nitrogens with one attached hydrogen (secondary N) is 1. The van der Waals surface area contributed by atoms with Gasteiger partial charge in [-0.15, -0.1) is 10.2 Å². The Kier molecular flexibility index (Phi) is 5.66. The summed E-state index contributed by atoms with van der Waals surface area (Å²) in [5.41, 5.74) is 2.17. The van der Waals surface area contributed by atoms with E-state index in [1.54, 1.807) is 12.7 Å². The van der Waals surface area contributed by atoms with Gasteiger partial charge in [0, 0.05) is 13.1 Å². The summed E-state index contributed by atoms with van der Waals surface area (Å²) in [5.74, 6) is 0.0306. The van der Waals surface area contributed by atoms with Crippen LogP contribution in [-0.4, -0.2) is 46.2 Å². The van der Waals surface area contributed by atoms with Crippen LogP contribution in [0.15, 0.2) is 36.9 Å². The summed E-state index contributed by atoms with van der Waals surface area (Å²) < 4.78 is 1.90. The quantitative estimate of drug-likeness (QED) is 0.785. The van der Waals surface area contributed by atoms with Crippen molar-refractivity contribution in [2.45, 2.75) is 25.9 Å². The highest BCUT2D eigenvalue weighted by molar-refractivity contribution is 5.83. The van der Waals surface area contributed by atoms with E-state index in [4.69, 9.17) is 0 Å². The van der Waals surface area contributed by atoms with Gasteiger partial charge in [-0.05, 0) is 38.6 Å². The molecule has 1 aromatic heterocycles. The number of nitrogens with zero attached hydrogens (tertiary/aromatic N) is 4. The van der Waals surface area contributed by atoms with E-state index in [9.17, 15) is 4.79 Å². The molecule has 0 radical (unpaired) electrons. The molecule has 1 heterocycles. The summed E-state index contributed by atoms with van der Waals surface area (Å²) in [6, 6.07) is 7.74. The van der Waals surface area contributed by atoms with Crippen LogP contribution in [-0.2, 0) is 11.3 Å². The minimum atomic E-state index is -0.267. The summed E-state index contributed by atoms with van der Waals surface area (Å²) in [5, 5.41) is 10.5. The van der Waals surface area contributed by atoms with E-state index in [1.807, 2.05) is 54.8 Å². The third kappa shape index (κ3) is 4.14. The molecule has 0 spiro atoms. The number of aromatic nitrogens is 3. The minimum Gasteiger partial charge on any atom is -0.354 e. The maximum atomic E-state index is 12.5. The summed E-state index contributed by atoms with van der Waals surface area (Å²) in [6.45, 7) is 3.46. The fourth-order valence-electron chi connectivity index (χ4n) is 2.45. The summed E-state index contributed by atoms with van der Waals surface area (Å²) in [7, 11) is 3.85. The molecule has 0 unspecified atom stereocenters. The normalized spacial score (nSPS) is 12.4. The van der Waals surface area contributed by atoms with Crippen molar-refractivity contribution in [3.8, 4) is 0 Å². The predicted molar refractivity (Wildman–Crippen MR) is 85.3 cm³/mol. The second kappa shape index (κ2) is 7.70. The smallest absolute Gasteiger partial charge is 0.241 e. The molecule has 0 saturated carbocycles. The molecule has 1 amide bonds. The number of hydrogen-bond acceptors (Lipinski definition) is 4. The van der Waals surface area contributed by atoms with Crippen LogP contribution in [0.1, 0.15) is 23.6 Å². The van der Waals surface area contributed by atoms with E-state index in [1.165, 1.54) is 0 Å². The number of hydrogen-bond donors (Lipinski definition) is 1. The molecule has 0 aliphatic carbocycles. The highest BCUT2D eigenvalue weighted by Gasteiger charge is 2.23. The van der Waals surface area contributed by atoms with Gasteiger partial charge in [0.25, 0.3) is 0 Å². The average Bonchev–Trinajstić information content (AvgIpc) is 2.99. The molecular formula is C16H23N5O. The first-order valence-electron chi connectivity index (χ1n) is 7.41. The van der Waals surface area contributed by atoms with Gasteiger partial charge in [-0.3, -0.25) is 9.69 Å². The van der Waals surface area contributed by atoms with Crippen molar-refractivity contribution in [1.29, 1.82) is 0 Å². The molecule has 1 aromatic carbocycles. The van der Waals surface area contributed by atoms with Crippen LogP contribution in [0.4, 0.5) is 0 Å². The van der Waals surface area contributed by atoms with Crippen molar-refractivity contribution >= 4 is 5.91 Å². The highest BCUT2D eigenvalue weighted by atomic mass is 16.2. The maximum absolute atomic E-state index is 12.5. The predicted octanol–water partition coefficient (Wildman–Crippen LogP) is 1.40. The van der Waals surface area contributed by atoms with Crippen molar-refractivity contribution in [3.63, 3.8) is 0 Å². The molecule has 2 aromatic rings. The first-order valence-corrected chi connectivity index (χ1v) is 7.41. The van der Waals surface area contributed by atoms with Crippen LogP contribution in [0, 0.1) is 6.92 Å². The zero-order valence-electron chi connectivity index (χ0n) is 13.4. The van der Waals surface area contributed by atoms with Crippen LogP contribution in [0.2, 0.25) is 0 Å². The van der Waals surface area contributed by atoms with Gasteiger partial charge in [0.05, 0.1) is 0 Å². The van der Waals surface area contributed by atoms with E-state index in [0.29, 0.717) is 6.54 Å². The lowest BCUT2D eigenvalue weighted by Gasteiger charge is -2.25. The molecule has 0 bridgehead atoms. The number of amides is 1. The Balaban J connectivity index is 1.91. The lowest BCUT2D eigenvalue weighted by Crippen LogP contribution is -2.38. The van der Waals surface area contributed by atoms with Gasteiger partial charge < -0.3 is 9.88 Å². The van der Waals surface area contributed by atoms with Crippen molar-refractivity contribution in [2.24, 2.45) is 0 Å². The second-order valence-corrected chi connectivity index (χ2v) is 5.57. The summed E-state index contributed by atoms with van der Waals surface area (Å²) in [6.07, 6.45) is 4.20. The van der Waals surface area contributed by atoms with E-state index in [-0.39, 0.29) is 11.9 Å². The molecular weight excluding hydrogens is 278 g/mol. The van der Waals surface area contributed by atoms with Crippen LogP contribution >= 0.6 is 0 Å². The molecule has 0 aliphatic rings. The molecule has 1 N–H and O–H groups in total. The number of rotatable bonds is 7. The van der Waals surface area contributed by atoms with Crippen LogP contribution in [0.3, 0.4) is 0 Å². The van der Waals surface area contributed by atoms with Gasteiger partial charge in [0.2, 0.25) is 5.91 Å². The Morgan fingerprint density at radius 3 is 2.59 bits per heavy atom. The van der Waals surface area contributed by atoms with Gasteiger partial charge in [0.1, 0.15) is 18.7 Å². The van der Waals surface area contributed by atoms with E-state index >= 15 is 0 Å². The zero-order valence-corrected chi connectivity index (χ0v) is 13.4. The van der Waals surface area contributed by atoms with Crippen molar-refractivity contribution < 1.29 is 4.79 Å². The third-order valence-corrected chi connectivity index (χ3v) is 3.61. The Labute approximate surface area is 131 Å². The highest BCUT2D eigenvalue weighted by Crippen LogP contribution is 2.21. The fraction of sp³-hybridized carbons (Fsp3) is 0.438. The van der Waals surface area contributed by atoms with Crippen LogP contribution in [0.5, 0.6) is 0 Å². The number of carbonyl (C=O) groups excluding carboxylic acids is 1. The lowest BCUT2D eigenvalue weighted by atomic mass is 10.00. The van der Waals surface area contributed by atoms with Crippen LogP contribution < -0.4 is 5.32 Å². The topological polar surface area (TPSA) is 63.1 Å². The van der Waals surface area contributed by atoms with Crippen molar-refractivity contribution in [2.75, 3.05) is 20.6 Å². The Morgan fingerprint density at radius 2 is 1.95 bits per heavy atom. The first-order chi connectivity index (χ1) is 10.6. The lowest BCUT2D eigenvalue weighted by molar-refractivity contribution is -0.125. The Morgan fingerprint density at radius 1 is 1.27 bits per heavy atom. The van der Waals surface area contributed by atoms with Crippen molar-refractivity contribution in [3.05, 3.63) is 48.0 Å². The van der Waals surface area contributed by atoms with Gasteiger partial charge in [-0.25, -0.2) is 0 Å². The van der Waals surface area contributed by atoms with E-state index in [2.05, 4.69) is 15.5 Å². The number of benzene rings is 1. The molecule has 6 heteroatoms. The third-order valence-electron chi connectivity index (χ3n) is 3.61. The molecule has 6 nitrogen and oxygen atoms in total. The molecule has 0 saturated heterocycles. The molecule has 118 valence electrons. The maximum Gasteiger partial charge on any atom is 0.241 e. The van der Waals surface area contributed by atoms with Gasteiger partial charge in [-0.2, -0.15) is 0 Å². The number of carbonyl (C=O) groups is 1.